The smallest absolute Gasteiger partial charge is 0.207 e. The van der Waals surface area contributed by atoms with E-state index in [9.17, 15) is 4.79 Å². The number of fused-ring (bicyclic) bond motifs is 1. The summed E-state index contributed by atoms with van der Waals surface area (Å²) in [7, 11) is 1.65. The summed E-state index contributed by atoms with van der Waals surface area (Å²) < 4.78 is 0. The normalized spacial score (nSPS) is 12.4. The van der Waals surface area contributed by atoms with Gasteiger partial charge in [0.25, 0.3) is 0 Å². The molecule has 2 aromatic heterocycles. The van der Waals surface area contributed by atoms with Crippen LogP contribution in [-0.2, 0) is 0 Å². The number of allylic oxidation sites excluding steroid dienone is 1. The number of nitrogens with one attached hydrogen (secondary N) is 1. The molecule has 17 heavy (non-hydrogen) atoms. The molecule has 3 N–H and O–H groups in total. The molecule has 0 atom stereocenters. The van der Waals surface area contributed by atoms with Gasteiger partial charge in [-0.15, -0.1) is 0 Å². The van der Waals surface area contributed by atoms with E-state index >= 15 is 0 Å². The fourth-order valence-corrected chi connectivity index (χ4v) is 1.54. The fraction of sp³-hybridized carbons (Fsp3) is 0.0833. The Bertz CT molecular complexity index is 655. The van der Waals surface area contributed by atoms with E-state index in [1.165, 1.54) is 12.3 Å². The highest BCUT2D eigenvalue weighted by Gasteiger charge is 2.04. The van der Waals surface area contributed by atoms with Gasteiger partial charge in [-0.1, -0.05) is 0 Å². The van der Waals surface area contributed by atoms with Crippen LogP contribution in [0.3, 0.4) is 0 Å². The van der Waals surface area contributed by atoms with Crippen LogP contribution in [0.5, 0.6) is 0 Å². The number of aromatic amines is 1. The minimum atomic E-state index is -0.120. The number of nitrogens with two attached hydrogens (primary N) is 1. The van der Waals surface area contributed by atoms with Crippen molar-refractivity contribution in [3.8, 4) is 0 Å². The molecule has 0 saturated heterocycles. The van der Waals surface area contributed by atoms with Gasteiger partial charge in [0.2, 0.25) is 5.43 Å². The maximum Gasteiger partial charge on any atom is 0.207 e. The summed E-state index contributed by atoms with van der Waals surface area (Å²) in [4.78, 5) is 22.8. The number of nitrogens with zero attached hydrogens (tertiary/aromatic N) is 2. The lowest BCUT2D eigenvalue weighted by Gasteiger charge is -2.02. The molecule has 0 spiro atoms. The molecule has 2 rings (SSSR count). The topological polar surface area (TPSA) is 84.1 Å². The standard InChI is InChI=1S/C12H12N4O/c1-14-7-8(6-13)9-2-3-10-12(16-9)11(17)4-5-15-10/h2-7H,13H2,1H3,(H,15,17)/b8-6+,14-7?. The first-order valence-electron chi connectivity index (χ1n) is 5.09. The van der Waals surface area contributed by atoms with Crippen molar-refractivity contribution in [1.29, 1.82) is 0 Å². The first kappa shape index (κ1) is 11.1. The van der Waals surface area contributed by atoms with Gasteiger partial charge in [0.15, 0.2) is 0 Å². The van der Waals surface area contributed by atoms with E-state index in [4.69, 9.17) is 5.73 Å². The van der Waals surface area contributed by atoms with E-state index in [1.54, 1.807) is 31.6 Å². The minimum Gasteiger partial charge on any atom is -0.404 e. The molecule has 0 aliphatic carbocycles. The number of H-pyrrole nitrogens is 1. The third-order valence-electron chi connectivity index (χ3n) is 2.35. The molecule has 0 amide bonds. The number of hydrogen-bond donors (Lipinski definition) is 2. The van der Waals surface area contributed by atoms with Crippen molar-refractivity contribution < 1.29 is 0 Å². The number of rotatable bonds is 2. The molecule has 0 unspecified atom stereocenters. The summed E-state index contributed by atoms with van der Waals surface area (Å²) in [6, 6.07) is 5.03. The van der Waals surface area contributed by atoms with E-state index in [-0.39, 0.29) is 5.43 Å². The second-order valence-corrected chi connectivity index (χ2v) is 3.44. The molecular weight excluding hydrogens is 216 g/mol. The Kier molecular flexibility index (Phi) is 3.00. The largest absolute Gasteiger partial charge is 0.404 e. The van der Waals surface area contributed by atoms with Gasteiger partial charge in [-0.25, -0.2) is 4.98 Å². The molecule has 2 heterocycles. The highest BCUT2D eigenvalue weighted by Crippen LogP contribution is 2.12. The van der Waals surface area contributed by atoms with Crippen LogP contribution in [0.25, 0.3) is 16.6 Å². The number of aliphatic imine (C=N–C) groups is 1. The monoisotopic (exact) mass is 228 g/mol. The van der Waals surface area contributed by atoms with Crippen LogP contribution < -0.4 is 11.2 Å². The van der Waals surface area contributed by atoms with Crippen molar-refractivity contribution in [2.24, 2.45) is 10.7 Å². The van der Waals surface area contributed by atoms with Crippen LogP contribution in [0.1, 0.15) is 5.69 Å². The van der Waals surface area contributed by atoms with Crippen molar-refractivity contribution >= 4 is 22.8 Å². The second kappa shape index (κ2) is 4.61. The van der Waals surface area contributed by atoms with Crippen molar-refractivity contribution in [3.05, 3.63) is 46.5 Å². The molecule has 0 fully saturated rings. The Morgan fingerprint density at radius 3 is 3.00 bits per heavy atom. The van der Waals surface area contributed by atoms with Gasteiger partial charge in [0, 0.05) is 37.3 Å². The highest BCUT2D eigenvalue weighted by molar-refractivity contribution is 6.09. The molecule has 0 bridgehead atoms. The number of hydrogen-bond acceptors (Lipinski definition) is 4. The summed E-state index contributed by atoms with van der Waals surface area (Å²) in [5, 5.41) is 0. The van der Waals surface area contributed by atoms with Gasteiger partial charge < -0.3 is 10.7 Å². The highest BCUT2D eigenvalue weighted by atomic mass is 16.1. The van der Waals surface area contributed by atoms with Crippen molar-refractivity contribution in [2.45, 2.75) is 0 Å². The van der Waals surface area contributed by atoms with Gasteiger partial charge in [-0.05, 0) is 12.1 Å². The maximum atomic E-state index is 11.6. The molecule has 5 nitrogen and oxygen atoms in total. The zero-order chi connectivity index (χ0) is 12.3. The molecule has 0 saturated carbocycles. The van der Waals surface area contributed by atoms with Crippen LogP contribution in [0.4, 0.5) is 0 Å². The van der Waals surface area contributed by atoms with Gasteiger partial charge >= 0.3 is 0 Å². The third kappa shape index (κ3) is 2.08. The lowest BCUT2D eigenvalue weighted by atomic mass is 10.2. The predicted octanol–water partition coefficient (Wildman–Crippen LogP) is 0.923. The van der Waals surface area contributed by atoms with Gasteiger partial charge in [-0.2, -0.15) is 0 Å². The average Bonchev–Trinajstić information content (AvgIpc) is 2.36. The molecule has 86 valence electrons. The third-order valence-corrected chi connectivity index (χ3v) is 2.35. The van der Waals surface area contributed by atoms with Crippen LogP contribution >= 0.6 is 0 Å². The van der Waals surface area contributed by atoms with Crippen molar-refractivity contribution in [2.75, 3.05) is 7.05 Å². The quantitative estimate of drug-likeness (QED) is 0.750. The lowest BCUT2D eigenvalue weighted by molar-refractivity contribution is 1.29. The maximum absolute atomic E-state index is 11.6. The summed E-state index contributed by atoms with van der Waals surface area (Å²) in [6.07, 6.45) is 4.61. The summed E-state index contributed by atoms with van der Waals surface area (Å²) in [5.41, 5.74) is 7.78. The Balaban J connectivity index is 2.66. The SMILES string of the molecule is CN=C/C(=C\N)c1ccc2[nH]ccc(=O)c2n1. The Labute approximate surface area is 97.7 Å². The average molecular weight is 228 g/mol. The molecule has 0 aliphatic rings. The van der Waals surface area contributed by atoms with E-state index in [2.05, 4.69) is 15.0 Å². The number of pyridine rings is 2. The summed E-state index contributed by atoms with van der Waals surface area (Å²) >= 11 is 0. The predicted molar refractivity (Wildman–Crippen MR) is 68.9 cm³/mol. The molecular formula is C12H12N4O. The van der Waals surface area contributed by atoms with Gasteiger partial charge in [0.1, 0.15) is 5.52 Å². The molecule has 0 aromatic carbocycles. The zero-order valence-electron chi connectivity index (χ0n) is 9.34. The first-order valence-corrected chi connectivity index (χ1v) is 5.09. The van der Waals surface area contributed by atoms with E-state index in [0.29, 0.717) is 22.3 Å². The van der Waals surface area contributed by atoms with E-state index < -0.39 is 0 Å². The second-order valence-electron chi connectivity index (χ2n) is 3.44. The van der Waals surface area contributed by atoms with E-state index in [0.717, 1.165) is 0 Å². The van der Waals surface area contributed by atoms with Crippen LogP contribution in [-0.4, -0.2) is 23.2 Å². The van der Waals surface area contributed by atoms with Gasteiger partial charge in [0.05, 0.1) is 11.2 Å². The number of aromatic nitrogens is 2. The van der Waals surface area contributed by atoms with Gasteiger partial charge in [-0.3, -0.25) is 9.79 Å². The minimum absolute atomic E-state index is 0.120. The summed E-state index contributed by atoms with van der Waals surface area (Å²) in [5.74, 6) is 0. The zero-order valence-corrected chi connectivity index (χ0v) is 9.34. The van der Waals surface area contributed by atoms with Crippen molar-refractivity contribution in [3.63, 3.8) is 0 Å². The molecule has 0 radical (unpaired) electrons. The Hall–Kier alpha value is -2.43. The molecule has 0 aliphatic heterocycles. The fourth-order valence-electron chi connectivity index (χ4n) is 1.54. The van der Waals surface area contributed by atoms with E-state index in [1.807, 2.05) is 0 Å². The Morgan fingerprint density at radius 1 is 1.47 bits per heavy atom. The first-order chi connectivity index (χ1) is 8.26. The summed E-state index contributed by atoms with van der Waals surface area (Å²) in [6.45, 7) is 0. The van der Waals surface area contributed by atoms with Crippen LogP contribution in [0.15, 0.2) is 40.4 Å². The molecule has 2 aromatic rings. The Morgan fingerprint density at radius 2 is 2.29 bits per heavy atom. The van der Waals surface area contributed by atoms with Crippen molar-refractivity contribution in [1.82, 2.24) is 9.97 Å². The lowest BCUT2D eigenvalue weighted by Crippen LogP contribution is -2.04. The van der Waals surface area contributed by atoms with Crippen LogP contribution in [0.2, 0.25) is 0 Å². The van der Waals surface area contributed by atoms with Crippen LogP contribution in [0, 0.1) is 0 Å². The molecule has 5 heteroatoms.